The van der Waals surface area contributed by atoms with Crippen molar-refractivity contribution in [3.8, 4) is 0 Å². The highest BCUT2D eigenvalue weighted by molar-refractivity contribution is 7.84. The van der Waals surface area contributed by atoms with Crippen molar-refractivity contribution < 1.29 is 8.60 Å². The molecular weight excluding hydrogens is 234 g/mol. The van der Waals surface area contributed by atoms with Crippen LogP contribution in [-0.2, 0) is 16.6 Å². The molecule has 1 atom stereocenters. The molecule has 84 valence electrons. The molecule has 0 heterocycles. The molecule has 1 nitrogen and oxygen atoms in total. The lowest BCUT2D eigenvalue weighted by Crippen LogP contribution is -2.09. The summed E-state index contributed by atoms with van der Waals surface area (Å²) in [6, 6.07) is 13.6. The predicted octanol–water partition coefficient (Wildman–Crippen LogP) is 1.93. The minimum atomic E-state index is -1.16. The zero-order valence-corrected chi connectivity index (χ0v) is 9.91. The summed E-state index contributed by atoms with van der Waals surface area (Å²) in [5.41, 5.74) is 0.790. The van der Waals surface area contributed by atoms with Gasteiger partial charge >= 0.3 is 0 Å². The molecule has 2 aromatic carbocycles. The number of hydrogen-bond acceptors (Lipinski definition) is 1. The van der Waals surface area contributed by atoms with E-state index in [1.165, 1.54) is 12.1 Å². The van der Waals surface area contributed by atoms with Crippen LogP contribution in [0.1, 0.15) is 5.56 Å². The van der Waals surface area contributed by atoms with Crippen LogP contribution >= 0.6 is 0 Å². The third-order valence-corrected chi connectivity index (χ3v) is 3.76. The van der Waals surface area contributed by atoms with E-state index >= 15 is 0 Å². The Balaban J connectivity index is 2.16. The molecule has 0 aliphatic heterocycles. The maximum absolute atomic E-state index is 13.2. The number of rotatable bonds is 3. The number of benzene rings is 2. The molecule has 0 amide bonds. The summed E-state index contributed by atoms with van der Waals surface area (Å²) in [6.45, 7) is 0. The van der Waals surface area contributed by atoms with E-state index < -0.39 is 16.6 Å². The first-order valence-electron chi connectivity index (χ1n) is 5.14. The van der Waals surface area contributed by atoms with E-state index in [4.69, 9.17) is 7.85 Å². The minimum absolute atomic E-state index is 0.110. The van der Waals surface area contributed by atoms with Gasteiger partial charge in [-0.25, -0.2) is 4.39 Å². The second kappa shape index (κ2) is 5.28. The fourth-order valence-electron chi connectivity index (χ4n) is 1.47. The van der Waals surface area contributed by atoms with E-state index in [1.54, 1.807) is 18.2 Å². The Bertz CT molecular complexity index is 542. The van der Waals surface area contributed by atoms with Gasteiger partial charge in [-0.3, -0.25) is 4.21 Å². The fourth-order valence-corrected chi connectivity index (χ4v) is 2.58. The molecule has 0 aromatic heterocycles. The number of hydrogen-bond donors (Lipinski definition) is 0. The Morgan fingerprint density at radius 1 is 1.12 bits per heavy atom. The van der Waals surface area contributed by atoms with Gasteiger partial charge in [0.15, 0.2) is 0 Å². The molecular formula is C13H10BFOS. The molecule has 0 saturated heterocycles. The van der Waals surface area contributed by atoms with E-state index in [9.17, 15) is 8.60 Å². The SMILES string of the molecule is [B]c1ccc(CS(=O)c2ccccc2)cc1F. The summed E-state index contributed by atoms with van der Waals surface area (Å²) in [4.78, 5) is 0.740. The van der Waals surface area contributed by atoms with Crippen LogP contribution in [0.5, 0.6) is 0 Å². The Morgan fingerprint density at radius 3 is 2.47 bits per heavy atom. The van der Waals surface area contributed by atoms with Crippen molar-refractivity contribution in [3.05, 3.63) is 59.9 Å². The summed E-state index contributed by atoms with van der Waals surface area (Å²) >= 11 is 0. The lowest BCUT2D eigenvalue weighted by molar-refractivity contribution is 0.634. The lowest BCUT2D eigenvalue weighted by Gasteiger charge is -2.04. The van der Waals surface area contributed by atoms with Gasteiger partial charge in [0.2, 0.25) is 0 Å². The molecule has 0 bridgehead atoms. The van der Waals surface area contributed by atoms with Gasteiger partial charge in [0, 0.05) is 4.90 Å². The Labute approximate surface area is 104 Å². The van der Waals surface area contributed by atoms with Crippen molar-refractivity contribution >= 4 is 24.1 Å². The smallest absolute Gasteiger partial charge is 0.117 e. The van der Waals surface area contributed by atoms with E-state index in [-0.39, 0.29) is 5.46 Å². The van der Waals surface area contributed by atoms with E-state index in [0.29, 0.717) is 11.3 Å². The number of halogens is 1. The molecule has 2 radical (unpaired) electrons. The zero-order valence-electron chi connectivity index (χ0n) is 9.10. The molecule has 4 heteroatoms. The Kier molecular flexibility index (Phi) is 3.74. The average molecular weight is 244 g/mol. The zero-order chi connectivity index (χ0) is 12.3. The quantitative estimate of drug-likeness (QED) is 0.754. The molecule has 17 heavy (non-hydrogen) atoms. The van der Waals surface area contributed by atoms with Gasteiger partial charge in [0.05, 0.1) is 16.6 Å². The maximum atomic E-state index is 13.2. The van der Waals surface area contributed by atoms with E-state index in [0.717, 1.165) is 4.90 Å². The van der Waals surface area contributed by atoms with Crippen LogP contribution in [0.3, 0.4) is 0 Å². The van der Waals surface area contributed by atoms with Crippen molar-refractivity contribution in [2.75, 3.05) is 0 Å². The normalized spacial score (nSPS) is 12.3. The minimum Gasteiger partial charge on any atom is -0.254 e. The average Bonchev–Trinajstić information content (AvgIpc) is 2.35. The second-order valence-electron chi connectivity index (χ2n) is 3.66. The van der Waals surface area contributed by atoms with E-state index in [1.807, 2.05) is 18.2 Å². The fraction of sp³-hybridized carbons (Fsp3) is 0.0769. The first-order chi connectivity index (χ1) is 8.16. The molecule has 0 saturated carbocycles. The van der Waals surface area contributed by atoms with Crippen LogP contribution in [0.2, 0.25) is 0 Å². The summed E-state index contributed by atoms with van der Waals surface area (Å²) in [5.74, 6) is -0.172. The molecule has 0 N–H and O–H groups in total. The standard InChI is InChI=1S/C13H10BFOS/c14-12-7-6-10(8-13(12)15)9-17(16)11-4-2-1-3-5-11/h1-8H,9H2. The van der Waals surface area contributed by atoms with Crippen molar-refractivity contribution in [2.24, 2.45) is 0 Å². The molecule has 2 aromatic rings. The monoisotopic (exact) mass is 244 g/mol. The summed E-state index contributed by atoms with van der Waals surface area (Å²) in [5, 5.41) is 0. The lowest BCUT2D eigenvalue weighted by atomic mass is 9.95. The van der Waals surface area contributed by atoms with Crippen molar-refractivity contribution in [1.82, 2.24) is 0 Å². The molecule has 0 aliphatic rings. The van der Waals surface area contributed by atoms with Crippen LogP contribution in [0.4, 0.5) is 4.39 Å². The topological polar surface area (TPSA) is 17.1 Å². The van der Waals surface area contributed by atoms with Crippen molar-refractivity contribution in [3.63, 3.8) is 0 Å². The van der Waals surface area contributed by atoms with Gasteiger partial charge in [0.25, 0.3) is 0 Å². The Morgan fingerprint density at radius 2 is 1.82 bits per heavy atom. The highest BCUT2D eigenvalue weighted by Gasteiger charge is 2.06. The summed E-state index contributed by atoms with van der Waals surface area (Å²) in [6.07, 6.45) is 0. The third-order valence-electron chi connectivity index (χ3n) is 2.37. The largest absolute Gasteiger partial charge is 0.254 e. The predicted molar refractivity (Wildman–Crippen MR) is 68.3 cm³/mol. The Hall–Kier alpha value is -1.42. The summed E-state index contributed by atoms with van der Waals surface area (Å²) < 4.78 is 25.2. The molecule has 0 fully saturated rings. The van der Waals surface area contributed by atoms with Gasteiger partial charge in [-0.1, -0.05) is 35.8 Å². The molecule has 2 rings (SSSR count). The van der Waals surface area contributed by atoms with Crippen LogP contribution in [-0.4, -0.2) is 12.1 Å². The molecule has 0 spiro atoms. The van der Waals surface area contributed by atoms with Crippen LogP contribution in [0.15, 0.2) is 53.4 Å². The van der Waals surface area contributed by atoms with Gasteiger partial charge < -0.3 is 0 Å². The highest BCUT2D eigenvalue weighted by Crippen LogP contribution is 2.12. The highest BCUT2D eigenvalue weighted by atomic mass is 32.2. The first kappa shape index (κ1) is 12.1. The van der Waals surface area contributed by atoms with Gasteiger partial charge in [-0.2, -0.15) is 0 Å². The maximum Gasteiger partial charge on any atom is 0.117 e. The second-order valence-corrected chi connectivity index (χ2v) is 5.11. The summed E-state index contributed by atoms with van der Waals surface area (Å²) in [7, 11) is 4.22. The first-order valence-corrected chi connectivity index (χ1v) is 6.46. The van der Waals surface area contributed by atoms with Crippen molar-refractivity contribution in [2.45, 2.75) is 10.6 Å². The van der Waals surface area contributed by atoms with Gasteiger partial charge in [-0.15, -0.1) is 0 Å². The van der Waals surface area contributed by atoms with Gasteiger partial charge in [0.1, 0.15) is 13.7 Å². The van der Waals surface area contributed by atoms with Crippen LogP contribution in [0.25, 0.3) is 0 Å². The van der Waals surface area contributed by atoms with Crippen LogP contribution < -0.4 is 5.46 Å². The van der Waals surface area contributed by atoms with Crippen molar-refractivity contribution in [1.29, 1.82) is 0 Å². The third kappa shape index (κ3) is 3.04. The van der Waals surface area contributed by atoms with Crippen LogP contribution in [0, 0.1) is 5.82 Å². The van der Waals surface area contributed by atoms with E-state index in [2.05, 4.69) is 0 Å². The molecule has 0 aliphatic carbocycles. The van der Waals surface area contributed by atoms with Gasteiger partial charge in [-0.05, 0) is 23.8 Å². The molecule has 1 unspecified atom stereocenters.